The summed E-state index contributed by atoms with van der Waals surface area (Å²) >= 11 is 2.75. The summed E-state index contributed by atoms with van der Waals surface area (Å²) in [7, 11) is 8.63. The van der Waals surface area contributed by atoms with Crippen molar-refractivity contribution in [3.8, 4) is 11.9 Å². The molecule has 22 heavy (non-hydrogen) atoms. The molecule has 0 aliphatic heterocycles. The van der Waals surface area contributed by atoms with Gasteiger partial charge in [-0.3, -0.25) is 0 Å². The van der Waals surface area contributed by atoms with E-state index in [0.717, 1.165) is 0 Å². The number of nitriles is 2. The maximum atomic E-state index is 7.82. The molecule has 0 saturated heterocycles. The van der Waals surface area contributed by atoms with Crippen molar-refractivity contribution in [2.75, 3.05) is 41.3 Å². The first-order chi connectivity index (χ1) is 10.4. The van der Waals surface area contributed by atoms with Gasteiger partial charge in [0.15, 0.2) is 0 Å². The molecule has 0 N–H and O–H groups in total. The molecule has 0 aromatic rings. The van der Waals surface area contributed by atoms with Crippen LogP contribution in [-0.4, -0.2) is 56.6 Å². The lowest BCUT2D eigenvalue weighted by atomic mass is 9.84. The second-order valence-electron chi connectivity index (χ2n) is 6.06. The van der Waals surface area contributed by atoms with Crippen molar-refractivity contribution >= 4 is 21.3 Å². The highest BCUT2D eigenvalue weighted by Crippen LogP contribution is 2.08. The zero-order valence-electron chi connectivity index (χ0n) is 14.8. The van der Waals surface area contributed by atoms with Crippen molar-refractivity contribution in [1.29, 1.82) is 10.5 Å². The molecule has 0 unspecified atom stereocenters. The fourth-order valence-electron chi connectivity index (χ4n) is 1.95. The van der Waals surface area contributed by atoms with E-state index in [4.69, 9.17) is 10.5 Å². The molecule has 0 aromatic carbocycles. The highest BCUT2D eigenvalue weighted by atomic mass is 79.9. The second kappa shape index (κ2) is 18.5. The van der Waals surface area contributed by atoms with Gasteiger partial charge in [0.2, 0.25) is 0 Å². The van der Waals surface area contributed by atoms with Crippen LogP contribution in [0.4, 0.5) is 0 Å². The van der Waals surface area contributed by atoms with E-state index >= 15 is 0 Å². The zero-order chi connectivity index (χ0) is 17.2. The Hall–Kier alpha value is -0.555. The summed E-state index contributed by atoms with van der Waals surface area (Å²) in [5.41, 5.74) is -0.641. The average Bonchev–Trinajstić information content (AvgIpc) is 2.48. The quantitative estimate of drug-likeness (QED) is 0.410. The van der Waals surface area contributed by atoms with E-state index in [-0.39, 0.29) is 0 Å². The van der Waals surface area contributed by atoms with E-state index in [1.165, 1.54) is 64.5 Å². The molecule has 0 aliphatic rings. The Kier molecular flexibility index (Phi) is 19.9. The van der Waals surface area contributed by atoms with Gasteiger partial charge in [0.05, 0.1) is 0 Å². The summed E-state index contributed by atoms with van der Waals surface area (Å²) < 4.78 is 0. The summed E-state index contributed by atoms with van der Waals surface area (Å²) in [6.07, 6.45) is 11.3. The van der Waals surface area contributed by atoms with Crippen molar-refractivity contribution in [2.45, 2.75) is 51.4 Å². The predicted octanol–water partition coefficient (Wildman–Crippen LogP) is 3.73. The molecule has 0 heterocycles. The third-order valence-electron chi connectivity index (χ3n) is 3.19. The number of rotatable bonds is 11. The normalized spacial score (nSPS) is 9.86. The molecule has 4 nitrogen and oxygen atoms in total. The molecule has 0 fully saturated rings. The maximum absolute atomic E-state index is 7.82. The molecule has 0 rings (SSSR count). The number of unbranched alkanes of at least 4 members (excludes halogenated alkanes) is 7. The van der Waals surface area contributed by atoms with Crippen LogP contribution in [0, 0.1) is 22.5 Å². The molecule has 0 aromatic heterocycles. The molecule has 126 valence electrons. The van der Waals surface area contributed by atoms with Gasteiger partial charge in [-0.1, -0.05) is 38.5 Å². The van der Waals surface area contributed by atoms with Crippen molar-refractivity contribution in [1.82, 2.24) is 9.80 Å². The van der Waals surface area contributed by atoms with Crippen molar-refractivity contribution in [3.05, 3.63) is 0 Å². The summed E-state index contributed by atoms with van der Waals surface area (Å²) in [5, 5.41) is 15.6. The molecule has 0 atom stereocenters. The van der Waals surface area contributed by atoms with Crippen LogP contribution in [0.5, 0.6) is 0 Å². The Labute approximate surface area is 146 Å². The third-order valence-corrected chi connectivity index (χ3v) is 3.60. The van der Waals surface area contributed by atoms with Crippen molar-refractivity contribution in [3.63, 3.8) is 0 Å². The Morgan fingerprint density at radius 2 is 0.955 bits per heavy atom. The highest BCUT2D eigenvalue weighted by molar-refractivity contribution is 9.25. The molecule has 0 aliphatic carbocycles. The standard InChI is InChI=1S/C14H32N2.C2BBrN2/c1-15(2)13-11-9-7-5-6-8-10-12-14-16(3)4;4-3(1-5)2-6/h5-14H2,1-4H3;. The summed E-state index contributed by atoms with van der Waals surface area (Å²) in [6.45, 7) is 2.51. The molecule has 0 saturated carbocycles. The zero-order valence-corrected chi connectivity index (χ0v) is 16.4. The van der Waals surface area contributed by atoms with Crippen LogP contribution >= 0.6 is 15.8 Å². The Balaban J connectivity index is 0. The van der Waals surface area contributed by atoms with Crippen molar-refractivity contribution < 1.29 is 0 Å². The average molecular weight is 371 g/mol. The lowest BCUT2D eigenvalue weighted by Crippen LogP contribution is -2.12. The topological polar surface area (TPSA) is 54.1 Å². The lowest BCUT2D eigenvalue weighted by molar-refractivity contribution is 0.384. The third kappa shape index (κ3) is 24.5. The van der Waals surface area contributed by atoms with E-state index in [0.29, 0.717) is 0 Å². The molecular formula is C16H32BBrN4. The maximum Gasteiger partial charge on any atom is 0.456 e. The predicted molar refractivity (Wildman–Crippen MR) is 100.0 cm³/mol. The van der Waals surface area contributed by atoms with Gasteiger partial charge in [-0.15, -0.1) is 15.8 Å². The van der Waals surface area contributed by atoms with Crippen LogP contribution in [0.25, 0.3) is 0 Å². The van der Waals surface area contributed by atoms with E-state index in [1.54, 1.807) is 11.9 Å². The smallest absolute Gasteiger partial charge is 0.309 e. The SMILES string of the molecule is CN(C)CCCCCCCCCCN(C)C.N#CB(Br)C#N. The largest absolute Gasteiger partial charge is 0.456 e. The van der Waals surface area contributed by atoms with Crippen LogP contribution in [0.15, 0.2) is 0 Å². The first-order valence-electron chi connectivity index (χ1n) is 8.16. The van der Waals surface area contributed by atoms with Crippen LogP contribution < -0.4 is 0 Å². The molecule has 0 bridgehead atoms. The van der Waals surface area contributed by atoms with Gasteiger partial charge in [-0.25, -0.2) is 10.5 Å². The van der Waals surface area contributed by atoms with Gasteiger partial charge in [-0.2, -0.15) is 0 Å². The monoisotopic (exact) mass is 370 g/mol. The minimum absolute atomic E-state index is 0.641. The number of hydrogen-bond acceptors (Lipinski definition) is 4. The van der Waals surface area contributed by atoms with E-state index in [2.05, 4.69) is 53.7 Å². The van der Waals surface area contributed by atoms with Crippen LogP contribution in [-0.2, 0) is 0 Å². The van der Waals surface area contributed by atoms with Gasteiger partial charge in [0.25, 0.3) is 0 Å². The summed E-state index contributed by atoms with van der Waals surface area (Å²) in [6, 6.07) is 0. The lowest BCUT2D eigenvalue weighted by Gasteiger charge is -2.09. The van der Waals surface area contributed by atoms with Gasteiger partial charge < -0.3 is 9.80 Å². The fourth-order valence-corrected chi connectivity index (χ4v) is 1.95. The van der Waals surface area contributed by atoms with E-state index in [1.807, 2.05) is 0 Å². The minimum atomic E-state index is -0.641. The molecule has 6 heteroatoms. The number of nitrogens with zero attached hydrogens (tertiary/aromatic N) is 4. The van der Waals surface area contributed by atoms with Crippen LogP contribution in [0.3, 0.4) is 0 Å². The Morgan fingerprint density at radius 1 is 0.682 bits per heavy atom. The van der Waals surface area contributed by atoms with Gasteiger partial charge in [0, 0.05) is 11.9 Å². The van der Waals surface area contributed by atoms with Gasteiger partial charge >= 0.3 is 5.54 Å². The van der Waals surface area contributed by atoms with Gasteiger partial charge in [0.1, 0.15) is 0 Å². The number of hydrogen-bond donors (Lipinski definition) is 0. The first-order valence-corrected chi connectivity index (χ1v) is 9.08. The van der Waals surface area contributed by atoms with E-state index < -0.39 is 5.54 Å². The van der Waals surface area contributed by atoms with Crippen LogP contribution in [0.1, 0.15) is 51.4 Å². The summed E-state index contributed by atoms with van der Waals surface area (Å²) in [5.74, 6) is 3.34. The first kappa shape index (κ1) is 23.7. The van der Waals surface area contributed by atoms with Crippen molar-refractivity contribution in [2.24, 2.45) is 0 Å². The molecular weight excluding hydrogens is 339 g/mol. The Bertz CT molecular complexity index is 280. The highest BCUT2D eigenvalue weighted by Gasteiger charge is 2.02. The fraction of sp³-hybridized carbons (Fsp3) is 0.875. The van der Waals surface area contributed by atoms with Crippen LogP contribution in [0.2, 0.25) is 0 Å². The van der Waals surface area contributed by atoms with Gasteiger partial charge in [-0.05, 0) is 54.1 Å². The molecule has 0 amide bonds. The second-order valence-corrected chi connectivity index (χ2v) is 6.97. The molecule has 0 spiro atoms. The Morgan fingerprint density at radius 3 is 1.14 bits per heavy atom. The van der Waals surface area contributed by atoms with E-state index in [9.17, 15) is 0 Å². The summed E-state index contributed by atoms with van der Waals surface area (Å²) in [4.78, 5) is 4.56. The molecule has 0 radical (unpaired) electrons. The minimum Gasteiger partial charge on any atom is -0.309 e. The number of halogens is 1.